The monoisotopic (exact) mass is 650 g/mol. The summed E-state index contributed by atoms with van der Waals surface area (Å²) in [6.45, 7) is 8.02. The molecule has 45 heavy (non-hydrogen) atoms. The Labute approximate surface area is 268 Å². The van der Waals surface area contributed by atoms with E-state index in [2.05, 4.69) is 31.4 Å². The van der Waals surface area contributed by atoms with Gasteiger partial charge in [-0.3, -0.25) is 14.1 Å². The number of anilines is 1. The summed E-state index contributed by atoms with van der Waals surface area (Å²) < 4.78 is 44.8. The number of rotatable bonds is 10. The van der Waals surface area contributed by atoms with Crippen molar-refractivity contribution in [1.82, 2.24) is 5.32 Å². The molecule has 2 amide bonds. The minimum Gasteiger partial charge on any atom is -0.351 e. The molecule has 0 aliphatic carbocycles. The SMILES string of the molecule is Cc1cc(-c2ccc(Cl)c(F)c2)ccc1NC(=O)C(Cc1ccc(C(=O)NCCS(=O)(=O)O)cc1)c1ccc(C(C)(C)C)cc1. The van der Waals surface area contributed by atoms with Crippen LogP contribution in [0.3, 0.4) is 0 Å². The standard InChI is InChI=1S/C35H36ClFN2O5S/c1-22-19-26(27-11-15-30(36)31(37)21-27)12-16-32(22)39-34(41)29(24-9-13-28(14-10-24)35(2,3)4)20-23-5-7-25(8-6-23)33(40)38-17-18-45(42,43)44/h5-16,19,21,29H,17-18,20H2,1-4H3,(H,38,40)(H,39,41)(H,42,43,44). The van der Waals surface area contributed by atoms with E-state index in [1.165, 1.54) is 12.1 Å². The second kappa shape index (κ2) is 13.9. The van der Waals surface area contributed by atoms with Crippen LogP contribution >= 0.6 is 11.6 Å². The second-order valence-corrected chi connectivity index (χ2v) is 14.0. The Morgan fingerprint density at radius 2 is 1.53 bits per heavy atom. The Morgan fingerprint density at radius 3 is 2.11 bits per heavy atom. The Balaban J connectivity index is 1.56. The van der Waals surface area contributed by atoms with Crippen LogP contribution in [0, 0.1) is 12.7 Å². The van der Waals surface area contributed by atoms with Crippen LogP contribution in [0.25, 0.3) is 11.1 Å². The topological polar surface area (TPSA) is 113 Å². The summed E-state index contributed by atoms with van der Waals surface area (Å²) in [6, 6.07) is 24.8. The van der Waals surface area contributed by atoms with E-state index in [1.54, 1.807) is 36.4 Å². The first-order valence-electron chi connectivity index (χ1n) is 14.4. The van der Waals surface area contributed by atoms with E-state index in [0.29, 0.717) is 23.2 Å². The molecule has 7 nitrogen and oxygen atoms in total. The maximum absolute atomic E-state index is 14.0. The Kier molecular flexibility index (Phi) is 10.5. The third-order valence-electron chi connectivity index (χ3n) is 7.53. The van der Waals surface area contributed by atoms with Crippen molar-refractivity contribution in [1.29, 1.82) is 0 Å². The zero-order chi connectivity index (χ0) is 32.9. The summed E-state index contributed by atoms with van der Waals surface area (Å²) in [4.78, 5) is 26.3. The van der Waals surface area contributed by atoms with Gasteiger partial charge >= 0.3 is 0 Å². The molecule has 4 aromatic carbocycles. The number of benzene rings is 4. The predicted molar refractivity (Wildman–Crippen MR) is 177 cm³/mol. The molecule has 0 fully saturated rings. The van der Waals surface area contributed by atoms with Gasteiger partial charge in [0.15, 0.2) is 0 Å². The molecule has 0 bridgehead atoms. The van der Waals surface area contributed by atoms with Gasteiger partial charge < -0.3 is 10.6 Å². The molecule has 236 valence electrons. The summed E-state index contributed by atoms with van der Waals surface area (Å²) in [5.41, 5.74) is 5.96. The summed E-state index contributed by atoms with van der Waals surface area (Å²) in [5.74, 6) is -2.33. The number of halogens is 2. The molecule has 4 rings (SSSR count). The van der Waals surface area contributed by atoms with Crippen molar-refractivity contribution in [3.8, 4) is 11.1 Å². The summed E-state index contributed by atoms with van der Waals surface area (Å²) in [6.07, 6.45) is 0.354. The first kappa shape index (κ1) is 33.8. The highest BCUT2D eigenvalue weighted by atomic mass is 35.5. The van der Waals surface area contributed by atoms with E-state index >= 15 is 0 Å². The highest BCUT2D eigenvalue weighted by Crippen LogP contribution is 2.30. The van der Waals surface area contributed by atoms with Gasteiger partial charge in [0.2, 0.25) is 5.91 Å². The maximum Gasteiger partial charge on any atom is 0.266 e. The maximum atomic E-state index is 14.0. The first-order chi connectivity index (χ1) is 21.1. The Morgan fingerprint density at radius 1 is 0.911 bits per heavy atom. The van der Waals surface area contributed by atoms with Gasteiger partial charge in [0, 0.05) is 17.8 Å². The molecule has 1 atom stereocenters. The van der Waals surface area contributed by atoms with Crippen LogP contribution in [0.5, 0.6) is 0 Å². The number of hydrogen-bond donors (Lipinski definition) is 3. The molecular weight excluding hydrogens is 615 g/mol. The van der Waals surface area contributed by atoms with E-state index in [1.807, 2.05) is 43.3 Å². The molecule has 0 heterocycles. The van der Waals surface area contributed by atoms with Crippen LogP contribution in [0.1, 0.15) is 59.3 Å². The number of nitrogens with one attached hydrogen (secondary N) is 2. The van der Waals surface area contributed by atoms with Crippen molar-refractivity contribution in [2.75, 3.05) is 17.6 Å². The number of amides is 2. The molecule has 0 saturated heterocycles. The lowest BCUT2D eigenvalue weighted by atomic mass is 9.84. The molecule has 0 spiro atoms. The molecule has 3 N–H and O–H groups in total. The fraction of sp³-hybridized carbons (Fsp3) is 0.257. The first-order valence-corrected chi connectivity index (χ1v) is 16.4. The number of carbonyl (C=O) groups is 2. The minimum absolute atomic E-state index is 0.0505. The van der Waals surface area contributed by atoms with E-state index < -0.39 is 33.5 Å². The number of carbonyl (C=O) groups excluding carboxylic acids is 2. The lowest BCUT2D eigenvalue weighted by molar-refractivity contribution is -0.117. The third kappa shape index (κ3) is 9.23. The summed E-state index contributed by atoms with van der Waals surface area (Å²) >= 11 is 5.84. The quantitative estimate of drug-likeness (QED) is 0.156. The molecule has 1 unspecified atom stereocenters. The van der Waals surface area contributed by atoms with Crippen LogP contribution < -0.4 is 10.6 Å². The molecule has 10 heteroatoms. The summed E-state index contributed by atoms with van der Waals surface area (Å²) in [5, 5.41) is 5.58. The fourth-order valence-electron chi connectivity index (χ4n) is 4.88. The van der Waals surface area contributed by atoms with Gasteiger partial charge in [-0.25, -0.2) is 4.39 Å². The fourth-order valence-corrected chi connectivity index (χ4v) is 5.36. The molecule has 0 aliphatic rings. The van der Waals surface area contributed by atoms with Gasteiger partial charge in [0.1, 0.15) is 5.82 Å². The molecule has 4 aromatic rings. The Bertz CT molecular complexity index is 1800. The third-order valence-corrected chi connectivity index (χ3v) is 8.56. The normalized spacial score (nSPS) is 12.4. The van der Waals surface area contributed by atoms with E-state index in [-0.39, 0.29) is 22.9 Å². The molecule has 0 saturated carbocycles. The van der Waals surface area contributed by atoms with Crippen molar-refractivity contribution >= 4 is 39.2 Å². The van der Waals surface area contributed by atoms with Crippen molar-refractivity contribution in [3.05, 3.63) is 124 Å². The van der Waals surface area contributed by atoms with Crippen molar-refractivity contribution in [2.45, 2.75) is 45.4 Å². The highest BCUT2D eigenvalue weighted by Gasteiger charge is 2.24. The van der Waals surface area contributed by atoms with Crippen molar-refractivity contribution in [3.63, 3.8) is 0 Å². The molecule has 0 aliphatic heterocycles. The van der Waals surface area contributed by atoms with Gasteiger partial charge in [-0.15, -0.1) is 0 Å². The Hall–Kier alpha value is -4.05. The van der Waals surface area contributed by atoms with Gasteiger partial charge in [0.05, 0.1) is 16.7 Å². The molecule has 0 radical (unpaired) electrons. The lowest BCUT2D eigenvalue weighted by Gasteiger charge is -2.22. The second-order valence-electron chi connectivity index (χ2n) is 12.0. The van der Waals surface area contributed by atoms with Crippen LogP contribution in [-0.2, 0) is 26.7 Å². The highest BCUT2D eigenvalue weighted by molar-refractivity contribution is 7.85. The number of aryl methyl sites for hydroxylation is 1. The van der Waals surface area contributed by atoms with Gasteiger partial charge in [0.25, 0.3) is 16.0 Å². The molecule has 0 aromatic heterocycles. The van der Waals surface area contributed by atoms with Crippen molar-refractivity contribution < 1.29 is 27.0 Å². The predicted octanol–water partition coefficient (Wildman–Crippen LogP) is 7.33. The lowest BCUT2D eigenvalue weighted by Crippen LogP contribution is -2.28. The van der Waals surface area contributed by atoms with E-state index in [9.17, 15) is 22.4 Å². The van der Waals surface area contributed by atoms with Gasteiger partial charge in [-0.1, -0.05) is 80.9 Å². The smallest absolute Gasteiger partial charge is 0.266 e. The van der Waals surface area contributed by atoms with Crippen LogP contribution in [-0.4, -0.2) is 37.1 Å². The van der Waals surface area contributed by atoms with Crippen LogP contribution in [0.15, 0.2) is 84.9 Å². The number of hydrogen-bond acceptors (Lipinski definition) is 4. The van der Waals surface area contributed by atoms with Crippen LogP contribution in [0.2, 0.25) is 5.02 Å². The molecular formula is C35H36ClFN2O5S. The average molecular weight is 651 g/mol. The van der Waals surface area contributed by atoms with Gasteiger partial charge in [-0.2, -0.15) is 8.42 Å². The van der Waals surface area contributed by atoms with E-state index in [4.69, 9.17) is 16.2 Å². The van der Waals surface area contributed by atoms with Gasteiger partial charge in [-0.05, 0) is 88.5 Å². The van der Waals surface area contributed by atoms with Crippen molar-refractivity contribution in [2.24, 2.45) is 0 Å². The van der Waals surface area contributed by atoms with E-state index in [0.717, 1.165) is 27.8 Å². The largest absolute Gasteiger partial charge is 0.351 e. The average Bonchev–Trinajstić information content (AvgIpc) is 2.97. The zero-order valence-corrected chi connectivity index (χ0v) is 27.1. The minimum atomic E-state index is -4.18. The zero-order valence-electron chi connectivity index (χ0n) is 25.5. The summed E-state index contributed by atoms with van der Waals surface area (Å²) in [7, 11) is -4.18. The van der Waals surface area contributed by atoms with Crippen LogP contribution in [0.4, 0.5) is 10.1 Å².